The first-order chi connectivity index (χ1) is 1.00. The second-order valence-electron chi connectivity index (χ2n) is 0. The van der Waals surface area contributed by atoms with Gasteiger partial charge >= 0.3 is 18.9 Å². The van der Waals surface area contributed by atoms with Crippen molar-refractivity contribution < 1.29 is 11.0 Å². The van der Waals surface area contributed by atoms with Gasteiger partial charge in [-0.05, 0) is 0 Å². The summed E-state index contributed by atoms with van der Waals surface area (Å²) in [5.74, 6) is 0. The normalized spacial score (nSPS) is 1.00. The summed E-state index contributed by atoms with van der Waals surface area (Å²) in [7, 11) is 2.00. The van der Waals surface area contributed by atoms with Gasteiger partial charge in [0, 0.05) is 0 Å². The predicted molar refractivity (Wildman–Crippen MR) is 28.8 cm³/mol. The fraction of sp³-hybridized carbons (Fsp3) is 1.00. The van der Waals surface area contributed by atoms with Gasteiger partial charge in [-0.2, -0.15) is 0 Å². The predicted octanol–water partition coefficient (Wildman–Crippen LogP) is -2.63. The van der Waals surface area contributed by atoms with Crippen molar-refractivity contribution >= 4 is 26.7 Å². The van der Waals surface area contributed by atoms with Crippen molar-refractivity contribution in [3.8, 4) is 0 Å². The van der Waals surface area contributed by atoms with Crippen molar-refractivity contribution in [2.75, 3.05) is 0 Å². The van der Waals surface area contributed by atoms with E-state index in [1.807, 2.05) is 14.7 Å². The summed E-state index contributed by atoms with van der Waals surface area (Å²) in [4.78, 5) is 0. The summed E-state index contributed by atoms with van der Waals surface area (Å²) < 4.78 is 0. The Bertz CT molecular complexity index is 9.61. The van der Waals surface area contributed by atoms with Crippen molar-refractivity contribution in [3.63, 3.8) is 0 Å². The van der Waals surface area contributed by atoms with E-state index in [9.17, 15) is 0 Å². The molecule has 0 aliphatic rings. The molecule has 0 bridgehead atoms. The van der Waals surface area contributed by atoms with Crippen LogP contribution in [0.3, 0.4) is 0 Å². The fourth-order valence-corrected chi connectivity index (χ4v) is 0. The summed E-state index contributed by atoms with van der Waals surface area (Å²) in [6.45, 7) is 2.00. The Morgan fingerprint density at radius 3 is 1.00 bits per heavy atom. The Morgan fingerprint density at radius 1 is 1.00 bits per heavy atom. The van der Waals surface area contributed by atoms with Crippen LogP contribution in [-0.4, -0.2) is 37.7 Å². The zero-order valence-electron chi connectivity index (χ0n) is 3.00. The van der Waals surface area contributed by atoms with Crippen LogP contribution < -0.4 is 0 Å². The van der Waals surface area contributed by atoms with E-state index in [1.165, 1.54) is 0 Å². The number of rotatable bonds is 0. The van der Waals surface area contributed by atoms with Crippen LogP contribution in [0.1, 0.15) is 0 Å². The van der Waals surface area contributed by atoms with Gasteiger partial charge in [0.1, 0.15) is 0 Å². The van der Waals surface area contributed by atoms with Gasteiger partial charge in [0.05, 0.1) is 7.85 Å². The topological polar surface area (TPSA) is 63.0 Å². The van der Waals surface area contributed by atoms with E-state index in [0.717, 1.165) is 0 Å². The Labute approximate surface area is 45.2 Å². The van der Waals surface area contributed by atoms with E-state index in [2.05, 4.69) is 0 Å². The molecule has 4 N–H and O–H groups in total. The third kappa shape index (κ3) is 90.1. The Hall–Kier alpha value is 0.582. The molecule has 0 aliphatic carbocycles. The first-order valence-electron chi connectivity index (χ1n) is 1.00. The third-order valence-electron chi connectivity index (χ3n) is 0. The van der Waals surface area contributed by atoms with Crippen LogP contribution in [0.25, 0.3) is 0 Å². The molecule has 0 atom stereocenters. The van der Waals surface area contributed by atoms with E-state index in [-0.39, 0.29) is 29.8 Å². The molecular formula is CH10BLiO2. The monoisotopic (exact) mass is 72.1 g/mol. The van der Waals surface area contributed by atoms with Gasteiger partial charge in [0.25, 0.3) is 0 Å². The second-order valence-corrected chi connectivity index (χ2v) is 0. The summed E-state index contributed by atoms with van der Waals surface area (Å²) >= 11 is 0. The standard InChI is InChI=1S/CH5B.Li.2H2O.H/c1-2;;;;/h2H2,1H3;;2*1H2;. The van der Waals surface area contributed by atoms with Crippen LogP contribution in [0.15, 0.2) is 0 Å². The molecule has 2 nitrogen and oxygen atoms in total. The molecule has 0 spiro atoms. The maximum atomic E-state index is 2.00. The first-order valence-corrected chi connectivity index (χ1v) is 1.00. The van der Waals surface area contributed by atoms with Crippen molar-refractivity contribution in [1.82, 2.24) is 0 Å². The van der Waals surface area contributed by atoms with Crippen molar-refractivity contribution in [3.05, 3.63) is 0 Å². The molecule has 5 heavy (non-hydrogen) atoms. The van der Waals surface area contributed by atoms with Crippen LogP contribution >= 0.6 is 0 Å². The van der Waals surface area contributed by atoms with Crippen LogP contribution in [0, 0.1) is 0 Å². The van der Waals surface area contributed by atoms with Gasteiger partial charge in [0.2, 0.25) is 0 Å². The summed E-state index contributed by atoms with van der Waals surface area (Å²) in [5.41, 5.74) is 0. The zero-order valence-corrected chi connectivity index (χ0v) is 3.00. The average molecular weight is 71.8 g/mol. The molecule has 0 aromatic rings. The molecule has 30 valence electrons. The van der Waals surface area contributed by atoms with E-state index in [0.29, 0.717) is 0 Å². The molecule has 4 heteroatoms. The molecule has 0 aromatic carbocycles. The van der Waals surface area contributed by atoms with Crippen LogP contribution in [0.4, 0.5) is 0 Å². The molecule has 0 amide bonds. The van der Waals surface area contributed by atoms with Gasteiger partial charge in [-0.15, -0.1) is 0 Å². The number of hydrogen-bond acceptors (Lipinski definition) is 0. The molecular weight excluding hydrogens is 61.8 g/mol. The van der Waals surface area contributed by atoms with Crippen molar-refractivity contribution in [2.24, 2.45) is 0 Å². The van der Waals surface area contributed by atoms with Gasteiger partial charge in [-0.25, -0.2) is 0 Å². The summed E-state index contributed by atoms with van der Waals surface area (Å²) in [6, 6.07) is 0. The van der Waals surface area contributed by atoms with Crippen LogP contribution in [-0.2, 0) is 0 Å². The van der Waals surface area contributed by atoms with Gasteiger partial charge < -0.3 is 11.0 Å². The SMILES string of the molecule is BC.O.O.[LiH]. The van der Waals surface area contributed by atoms with E-state index in [1.54, 1.807) is 0 Å². The van der Waals surface area contributed by atoms with Crippen molar-refractivity contribution in [2.45, 2.75) is 6.82 Å². The summed E-state index contributed by atoms with van der Waals surface area (Å²) in [5, 5.41) is 0. The van der Waals surface area contributed by atoms with Gasteiger partial charge in [-0.1, -0.05) is 6.82 Å². The van der Waals surface area contributed by atoms with E-state index >= 15 is 0 Å². The third-order valence-corrected chi connectivity index (χ3v) is 0. The average Bonchev–Trinajstić information content (AvgIpc) is 1.00. The minimum absolute atomic E-state index is 0. The zero-order chi connectivity index (χ0) is 2.00. The van der Waals surface area contributed by atoms with Gasteiger partial charge in [-0.3, -0.25) is 0 Å². The van der Waals surface area contributed by atoms with Crippen LogP contribution in [0.5, 0.6) is 0 Å². The first kappa shape index (κ1) is 46.8. The molecule has 0 heterocycles. The molecule has 0 fully saturated rings. The minimum atomic E-state index is 0. The van der Waals surface area contributed by atoms with Crippen molar-refractivity contribution in [1.29, 1.82) is 0 Å². The van der Waals surface area contributed by atoms with Crippen LogP contribution in [0.2, 0.25) is 6.82 Å². The fourth-order valence-electron chi connectivity index (χ4n) is 0. The molecule has 0 rings (SSSR count). The Kier molecular flexibility index (Phi) is 1620. The molecule has 0 saturated heterocycles. The molecule has 0 unspecified atom stereocenters. The second kappa shape index (κ2) is 173. The molecule has 0 aliphatic heterocycles. The molecule has 0 radical (unpaired) electrons. The Balaban J connectivity index is -0.00000000167. The number of hydrogen-bond donors (Lipinski definition) is 0. The Morgan fingerprint density at radius 2 is 1.00 bits per heavy atom. The maximum absolute atomic E-state index is 2.00. The van der Waals surface area contributed by atoms with E-state index in [4.69, 9.17) is 0 Å². The molecule has 0 saturated carbocycles. The van der Waals surface area contributed by atoms with E-state index < -0.39 is 0 Å². The molecule has 0 aromatic heterocycles. The summed E-state index contributed by atoms with van der Waals surface area (Å²) in [6.07, 6.45) is 0. The quantitative estimate of drug-likeness (QED) is 0.281. The van der Waals surface area contributed by atoms with Gasteiger partial charge in [0.15, 0.2) is 0 Å².